The molecule has 0 saturated heterocycles. The normalized spacial score (nSPS) is 10.3. The topological polar surface area (TPSA) is 55.6 Å². The van der Waals surface area contributed by atoms with Gasteiger partial charge in [0.15, 0.2) is 0 Å². The minimum absolute atomic E-state index is 0.0388. The van der Waals surface area contributed by atoms with E-state index < -0.39 is 0 Å². The van der Waals surface area contributed by atoms with Crippen LogP contribution in [0.4, 0.5) is 0 Å². The van der Waals surface area contributed by atoms with Crippen molar-refractivity contribution in [3.8, 4) is 17.0 Å². The van der Waals surface area contributed by atoms with Gasteiger partial charge < -0.3 is 14.1 Å². The Morgan fingerprint density at radius 1 is 1.32 bits per heavy atom. The molecule has 2 aromatic rings. The summed E-state index contributed by atoms with van der Waals surface area (Å²) in [7, 11) is 5.03. The Kier molecular flexibility index (Phi) is 3.85. The Hall–Kier alpha value is -2.30. The molecule has 5 nitrogen and oxygen atoms in total. The number of amides is 1. The fourth-order valence-corrected chi connectivity index (χ4v) is 1.57. The van der Waals surface area contributed by atoms with Crippen molar-refractivity contribution >= 4 is 5.91 Å². The van der Waals surface area contributed by atoms with Crippen molar-refractivity contribution in [3.63, 3.8) is 0 Å². The summed E-state index contributed by atoms with van der Waals surface area (Å²) in [5, 5.41) is 0. The highest BCUT2D eigenvalue weighted by molar-refractivity contribution is 5.77. The van der Waals surface area contributed by atoms with Crippen LogP contribution < -0.4 is 4.74 Å². The lowest BCUT2D eigenvalue weighted by molar-refractivity contribution is -0.128. The number of carbonyl (C=O) groups is 1. The first kappa shape index (κ1) is 13.1. The predicted molar refractivity (Wildman–Crippen MR) is 70.9 cm³/mol. The van der Waals surface area contributed by atoms with Crippen LogP contribution in [0.3, 0.4) is 0 Å². The summed E-state index contributed by atoms with van der Waals surface area (Å²) in [4.78, 5) is 17.4. The zero-order valence-corrected chi connectivity index (χ0v) is 11.2. The first-order valence-electron chi connectivity index (χ1n) is 5.89. The van der Waals surface area contributed by atoms with Gasteiger partial charge in [-0.2, -0.15) is 0 Å². The second-order valence-electron chi connectivity index (χ2n) is 4.32. The molecule has 0 fully saturated rings. The second-order valence-corrected chi connectivity index (χ2v) is 4.32. The van der Waals surface area contributed by atoms with Crippen molar-refractivity contribution in [1.82, 2.24) is 9.88 Å². The highest BCUT2D eigenvalue weighted by atomic mass is 16.5. The van der Waals surface area contributed by atoms with E-state index in [-0.39, 0.29) is 12.3 Å². The molecule has 0 N–H and O–H groups in total. The van der Waals surface area contributed by atoms with E-state index in [1.165, 1.54) is 4.90 Å². The van der Waals surface area contributed by atoms with Crippen molar-refractivity contribution in [1.29, 1.82) is 0 Å². The zero-order chi connectivity index (χ0) is 13.8. The van der Waals surface area contributed by atoms with Crippen LogP contribution in [-0.2, 0) is 11.2 Å². The van der Waals surface area contributed by atoms with E-state index in [1.54, 1.807) is 27.5 Å². The van der Waals surface area contributed by atoms with E-state index >= 15 is 0 Å². The molecule has 0 unspecified atom stereocenters. The first-order valence-corrected chi connectivity index (χ1v) is 5.89. The van der Waals surface area contributed by atoms with Gasteiger partial charge >= 0.3 is 0 Å². The fourth-order valence-electron chi connectivity index (χ4n) is 1.57. The van der Waals surface area contributed by atoms with Gasteiger partial charge in [0.25, 0.3) is 0 Å². The summed E-state index contributed by atoms with van der Waals surface area (Å²) in [6.07, 6.45) is 1.73. The van der Waals surface area contributed by atoms with Gasteiger partial charge in [-0.1, -0.05) is 0 Å². The largest absolute Gasteiger partial charge is 0.497 e. The Morgan fingerprint density at radius 2 is 2.00 bits per heavy atom. The molecule has 0 aliphatic carbocycles. The number of methoxy groups -OCH3 is 1. The lowest BCUT2D eigenvalue weighted by atomic mass is 10.2. The molecule has 0 radical (unpaired) electrons. The van der Waals surface area contributed by atoms with Gasteiger partial charge in [-0.05, 0) is 24.3 Å². The van der Waals surface area contributed by atoms with Crippen LogP contribution in [0.1, 0.15) is 5.89 Å². The summed E-state index contributed by atoms with van der Waals surface area (Å²) in [6, 6.07) is 7.51. The van der Waals surface area contributed by atoms with E-state index in [4.69, 9.17) is 9.15 Å². The summed E-state index contributed by atoms with van der Waals surface area (Å²) in [5.74, 6) is 1.17. The van der Waals surface area contributed by atoms with E-state index in [0.29, 0.717) is 11.6 Å². The smallest absolute Gasteiger partial charge is 0.231 e. The van der Waals surface area contributed by atoms with Crippen molar-refractivity contribution in [2.45, 2.75) is 6.42 Å². The minimum atomic E-state index is -0.0388. The molecule has 19 heavy (non-hydrogen) atoms. The van der Waals surface area contributed by atoms with Crippen molar-refractivity contribution in [2.75, 3.05) is 21.2 Å². The Balaban J connectivity index is 2.13. The quantitative estimate of drug-likeness (QED) is 0.843. The first-order chi connectivity index (χ1) is 9.10. The molecule has 1 heterocycles. The van der Waals surface area contributed by atoms with Gasteiger partial charge in [0.2, 0.25) is 11.8 Å². The molecule has 0 aliphatic heterocycles. The average molecular weight is 260 g/mol. The third-order valence-corrected chi connectivity index (χ3v) is 2.74. The van der Waals surface area contributed by atoms with E-state index in [2.05, 4.69) is 4.98 Å². The zero-order valence-electron chi connectivity index (χ0n) is 11.2. The number of ether oxygens (including phenoxy) is 1. The van der Waals surface area contributed by atoms with Gasteiger partial charge in [0.1, 0.15) is 24.1 Å². The van der Waals surface area contributed by atoms with Crippen LogP contribution >= 0.6 is 0 Å². The van der Waals surface area contributed by atoms with E-state index in [0.717, 1.165) is 11.3 Å². The SMILES string of the molecule is COc1ccc(-c2coc(CC(=O)N(C)C)n2)cc1. The third-order valence-electron chi connectivity index (χ3n) is 2.74. The molecular formula is C14H16N2O3. The predicted octanol–water partition coefficient (Wildman–Crippen LogP) is 1.98. The van der Waals surface area contributed by atoms with Crippen LogP contribution in [0.5, 0.6) is 5.75 Å². The number of carbonyl (C=O) groups excluding carboxylic acids is 1. The van der Waals surface area contributed by atoms with E-state index in [1.807, 2.05) is 24.3 Å². The van der Waals surface area contributed by atoms with Crippen molar-refractivity contribution in [2.24, 2.45) is 0 Å². The number of hydrogen-bond donors (Lipinski definition) is 0. The van der Waals surface area contributed by atoms with Crippen molar-refractivity contribution < 1.29 is 13.9 Å². The van der Waals surface area contributed by atoms with Gasteiger partial charge in [0.05, 0.1) is 7.11 Å². The molecule has 0 bridgehead atoms. The summed E-state index contributed by atoms with van der Waals surface area (Å²) >= 11 is 0. The Morgan fingerprint density at radius 3 is 2.58 bits per heavy atom. The minimum Gasteiger partial charge on any atom is -0.497 e. The third kappa shape index (κ3) is 3.13. The molecular weight excluding hydrogens is 244 g/mol. The van der Waals surface area contributed by atoms with Crippen molar-refractivity contribution in [3.05, 3.63) is 36.4 Å². The van der Waals surface area contributed by atoms with Crippen LogP contribution in [0.25, 0.3) is 11.3 Å². The van der Waals surface area contributed by atoms with Crippen LogP contribution in [0.2, 0.25) is 0 Å². The lowest BCUT2D eigenvalue weighted by Crippen LogP contribution is -2.23. The molecule has 1 aromatic carbocycles. The summed E-state index contributed by atoms with van der Waals surface area (Å²) in [6.45, 7) is 0. The molecule has 1 aromatic heterocycles. The Bertz CT molecular complexity index is 558. The number of hydrogen-bond acceptors (Lipinski definition) is 4. The molecule has 0 saturated carbocycles. The van der Waals surface area contributed by atoms with Crippen LogP contribution in [0, 0.1) is 0 Å². The maximum Gasteiger partial charge on any atom is 0.231 e. The number of aromatic nitrogens is 1. The average Bonchev–Trinajstić information content (AvgIpc) is 2.87. The monoisotopic (exact) mass is 260 g/mol. The maximum atomic E-state index is 11.6. The molecule has 5 heteroatoms. The number of oxazole rings is 1. The molecule has 0 spiro atoms. The van der Waals surface area contributed by atoms with Gasteiger partial charge in [-0.3, -0.25) is 4.79 Å². The molecule has 100 valence electrons. The lowest BCUT2D eigenvalue weighted by Gasteiger charge is -2.07. The van der Waals surface area contributed by atoms with Gasteiger partial charge in [0, 0.05) is 19.7 Å². The number of nitrogens with zero attached hydrogens (tertiary/aromatic N) is 2. The highest BCUT2D eigenvalue weighted by Crippen LogP contribution is 2.21. The summed E-state index contributed by atoms with van der Waals surface area (Å²) < 4.78 is 10.4. The number of rotatable bonds is 4. The molecule has 1 amide bonds. The van der Waals surface area contributed by atoms with E-state index in [9.17, 15) is 4.79 Å². The molecule has 0 aliphatic rings. The Labute approximate surface area is 111 Å². The van der Waals surface area contributed by atoms with Crippen LogP contribution in [0.15, 0.2) is 34.9 Å². The fraction of sp³-hybridized carbons (Fsp3) is 0.286. The van der Waals surface area contributed by atoms with Crippen LogP contribution in [-0.4, -0.2) is 37.0 Å². The highest BCUT2D eigenvalue weighted by Gasteiger charge is 2.12. The van der Waals surface area contributed by atoms with Gasteiger partial charge in [-0.25, -0.2) is 4.98 Å². The summed E-state index contributed by atoms with van der Waals surface area (Å²) in [5.41, 5.74) is 1.64. The van der Waals surface area contributed by atoms with Gasteiger partial charge in [-0.15, -0.1) is 0 Å². The standard InChI is InChI=1S/C14H16N2O3/c1-16(2)14(17)8-13-15-12(9-19-13)10-4-6-11(18-3)7-5-10/h4-7,9H,8H2,1-3H3. The maximum absolute atomic E-state index is 11.6. The number of benzene rings is 1. The molecule has 2 rings (SSSR count). The molecule has 0 atom stereocenters. The second kappa shape index (κ2) is 5.56. The number of likely N-dealkylation sites (N-methyl/N-ethyl adjacent to an activating group) is 1.